The molecule has 1 spiro atoms. The van der Waals surface area contributed by atoms with Gasteiger partial charge in [0.15, 0.2) is 0 Å². The fraction of sp³-hybridized carbons (Fsp3) is 0.0185. The average molecular weight is 696 g/mol. The number of aromatic nitrogens is 1. The van der Waals surface area contributed by atoms with Crippen LogP contribution >= 0.6 is 0 Å². The minimum absolute atomic E-state index is 0.522. The van der Waals surface area contributed by atoms with Crippen LogP contribution in [0.4, 0.5) is 0 Å². The van der Waals surface area contributed by atoms with Gasteiger partial charge in [0.1, 0.15) is 0 Å². The van der Waals surface area contributed by atoms with Gasteiger partial charge in [0.2, 0.25) is 0 Å². The average Bonchev–Trinajstić information content (AvgIpc) is 3.55. The molecular weight excluding hydrogens is 663 g/mol. The lowest BCUT2D eigenvalue weighted by Gasteiger charge is -2.40. The number of nitrogens with zero attached hydrogens (tertiary/aromatic N) is 1. The van der Waals surface area contributed by atoms with E-state index in [0.29, 0.717) is 0 Å². The number of hydrogen-bond acceptors (Lipinski definition) is 1. The Labute approximate surface area is 319 Å². The van der Waals surface area contributed by atoms with Gasteiger partial charge in [0.05, 0.1) is 11.1 Å². The molecule has 1 nitrogen and oxygen atoms in total. The Morgan fingerprint density at radius 2 is 0.873 bits per heavy atom. The summed E-state index contributed by atoms with van der Waals surface area (Å²) < 4.78 is 0. The molecule has 0 radical (unpaired) electrons. The second-order valence-corrected chi connectivity index (χ2v) is 14.9. The predicted octanol–water partition coefficient (Wildman–Crippen LogP) is 13.9. The van der Waals surface area contributed by atoms with Gasteiger partial charge in [-0.05, 0) is 111 Å². The molecule has 1 heterocycles. The highest BCUT2D eigenvalue weighted by molar-refractivity contribution is 6.21. The van der Waals surface area contributed by atoms with E-state index in [1.54, 1.807) is 0 Å². The Hall–Kier alpha value is -7.09. The van der Waals surface area contributed by atoms with Gasteiger partial charge in [0.25, 0.3) is 0 Å². The van der Waals surface area contributed by atoms with Crippen LogP contribution in [0.1, 0.15) is 22.3 Å². The Kier molecular flexibility index (Phi) is 6.33. The third-order valence-corrected chi connectivity index (χ3v) is 12.3. The van der Waals surface area contributed by atoms with Crippen molar-refractivity contribution in [3.8, 4) is 55.8 Å². The minimum atomic E-state index is -0.522. The fourth-order valence-corrected chi connectivity index (χ4v) is 10.1. The van der Waals surface area contributed by atoms with Crippen molar-refractivity contribution in [2.45, 2.75) is 5.41 Å². The zero-order valence-electron chi connectivity index (χ0n) is 30.0. The lowest BCUT2D eigenvalue weighted by atomic mass is 9.61. The van der Waals surface area contributed by atoms with Gasteiger partial charge in [-0.3, -0.25) is 4.98 Å². The molecule has 10 aromatic rings. The lowest BCUT2D eigenvalue weighted by molar-refractivity contribution is 0.771. The molecule has 55 heavy (non-hydrogen) atoms. The molecule has 12 rings (SSSR count). The van der Waals surface area contributed by atoms with E-state index in [1.807, 2.05) is 6.20 Å². The zero-order chi connectivity index (χ0) is 36.1. The zero-order valence-corrected chi connectivity index (χ0v) is 30.0. The Morgan fingerprint density at radius 1 is 0.327 bits per heavy atom. The van der Waals surface area contributed by atoms with Gasteiger partial charge in [-0.2, -0.15) is 0 Å². The van der Waals surface area contributed by atoms with E-state index in [4.69, 9.17) is 4.98 Å². The molecule has 0 saturated carbocycles. The first kappa shape index (κ1) is 30.4. The topological polar surface area (TPSA) is 12.9 Å². The Balaban J connectivity index is 1.15. The summed E-state index contributed by atoms with van der Waals surface area (Å²) >= 11 is 0. The number of pyridine rings is 1. The number of benzene rings is 9. The number of rotatable bonds is 3. The number of hydrogen-bond donors (Lipinski definition) is 0. The smallest absolute Gasteiger partial charge is 0.0753 e. The van der Waals surface area contributed by atoms with E-state index in [-0.39, 0.29) is 0 Å². The summed E-state index contributed by atoms with van der Waals surface area (Å²) in [7, 11) is 0. The van der Waals surface area contributed by atoms with Crippen molar-refractivity contribution in [2.75, 3.05) is 0 Å². The summed E-state index contributed by atoms with van der Waals surface area (Å²) in [5.74, 6) is 0. The summed E-state index contributed by atoms with van der Waals surface area (Å²) in [6.45, 7) is 0. The van der Waals surface area contributed by atoms with Crippen molar-refractivity contribution in [2.24, 2.45) is 0 Å². The maximum atomic E-state index is 5.12. The van der Waals surface area contributed by atoms with E-state index < -0.39 is 5.41 Å². The van der Waals surface area contributed by atoms with Crippen molar-refractivity contribution in [1.29, 1.82) is 0 Å². The Bertz CT molecular complexity index is 3130. The largest absolute Gasteiger partial charge is 0.256 e. The van der Waals surface area contributed by atoms with Crippen LogP contribution in [0.5, 0.6) is 0 Å². The van der Waals surface area contributed by atoms with E-state index >= 15 is 0 Å². The molecule has 0 saturated heterocycles. The molecule has 0 N–H and O–H groups in total. The minimum Gasteiger partial charge on any atom is -0.256 e. The van der Waals surface area contributed by atoms with Crippen molar-refractivity contribution in [3.63, 3.8) is 0 Å². The second-order valence-electron chi connectivity index (χ2n) is 14.9. The molecule has 0 fully saturated rings. The summed E-state index contributed by atoms with van der Waals surface area (Å²) in [6.07, 6.45) is 1.95. The van der Waals surface area contributed by atoms with Crippen LogP contribution < -0.4 is 0 Å². The SMILES string of the molecule is c1ccc(-c2ccc(-c3c4ccccc4c(-c4ccc5c(c4)C4(c6ccccc6-c6cccc7cccc4c67)c4cccnc4-5)c4ccccc34)cc2)cc1. The lowest BCUT2D eigenvalue weighted by Crippen LogP contribution is -2.31. The van der Waals surface area contributed by atoms with Crippen LogP contribution in [0, 0.1) is 0 Å². The standard InChI is InChI=1S/C54H33N/c1-2-13-34(14-3-1)35-26-28-37(29-27-35)50-41-18-4-6-20-43(41)51(44-21-7-5-19-42(44)50)38-30-31-45-49(33-38)54(48-25-12-32-55-53(45)48)46-23-9-8-17-39(46)40-22-10-15-36-16-11-24-47(54)52(36)40/h1-33H. The third kappa shape index (κ3) is 4.10. The van der Waals surface area contributed by atoms with Gasteiger partial charge in [0, 0.05) is 11.8 Å². The molecular formula is C54H33N. The molecule has 1 unspecified atom stereocenters. The van der Waals surface area contributed by atoms with Gasteiger partial charge >= 0.3 is 0 Å². The first-order chi connectivity index (χ1) is 27.3. The maximum Gasteiger partial charge on any atom is 0.0753 e. The van der Waals surface area contributed by atoms with Crippen LogP contribution in [0.25, 0.3) is 88.1 Å². The maximum absolute atomic E-state index is 5.12. The third-order valence-electron chi connectivity index (χ3n) is 12.3. The Morgan fingerprint density at radius 3 is 1.62 bits per heavy atom. The van der Waals surface area contributed by atoms with Crippen LogP contribution in [0.3, 0.4) is 0 Å². The first-order valence-electron chi connectivity index (χ1n) is 19.1. The van der Waals surface area contributed by atoms with Crippen LogP contribution in [-0.2, 0) is 5.41 Å². The quantitative estimate of drug-likeness (QED) is 0.168. The van der Waals surface area contributed by atoms with Crippen molar-refractivity contribution < 1.29 is 0 Å². The van der Waals surface area contributed by atoms with Gasteiger partial charge in [-0.1, -0.05) is 182 Å². The van der Waals surface area contributed by atoms with E-state index in [2.05, 4.69) is 194 Å². The summed E-state index contributed by atoms with van der Waals surface area (Å²) in [5, 5.41) is 7.61. The summed E-state index contributed by atoms with van der Waals surface area (Å²) in [6, 6.07) is 72.0. The van der Waals surface area contributed by atoms with Gasteiger partial charge < -0.3 is 0 Å². The highest BCUT2D eigenvalue weighted by Crippen LogP contribution is 2.62. The fourth-order valence-electron chi connectivity index (χ4n) is 10.1. The van der Waals surface area contributed by atoms with E-state index in [0.717, 1.165) is 5.69 Å². The van der Waals surface area contributed by atoms with Gasteiger partial charge in [-0.15, -0.1) is 0 Å². The molecule has 0 amide bonds. The molecule has 0 aliphatic heterocycles. The van der Waals surface area contributed by atoms with E-state index in [1.165, 1.54) is 105 Å². The first-order valence-corrected chi connectivity index (χ1v) is 19.1. The summed E-state index contributed by atoms with van der Waals surface area (Å²) in [4.78, 5) is 5.12. The van der Waals surface area contributed by atoms with Crippen molar-refractivity contribution in [1.82, 2.24) is 4.98 Å². The monoisotopic (exact) mass is 695 g/mol. The van der Waals surface area contributed by atoms with Crippen LogP contribution in [0.2, 0.25) is 0 Å². The van der Waals surface area contributed by atoms with Crippen LogP contribution in [-0.4, -0.2) is 4.98 Å². The highest BCUT2D eigenvalue weighted by atomic mass is 14.7. The second kappa shape index (κ2) is 11.5. The molecule has 1 aromatic heterocycles. The van der Waals surface area contributed by atoms with Gasteiger partial charge in [-0.25, -0.2) is 0 Å². The van der Waals surface area contributed by atoms with E-state index in [9.17, 15) is 0 Å². The predicted molar refractivity (Wildman–Crippen MR) is 229 cm³/mol. The highest BCUT2D eigenvalue weighted by Gasteiger charge is 2.50. The van der Waals surface area contributed by atoms with Crippen molar-refractivity contribution in [3.05, 3.63) is 223 Å². The molecule has 2 aliphatic rings. The van der Waals surface area contributed by atoms with Crippen LogP contribution in [0.15, 0.2) is 200 Å². The molecule has 0 bridgehead atoms. The molecule has 9 aromatic carbocycles. The molecule has 1 atom stereocenters. The van der Waals surface area contributed by atoms with Crippen molar-refractivity contribution >= 4 is 32.3 Å². The normalized spacial score (nSPS) is 15.0. The molecule has 254 valence electrons. The molecule has 1 heteroatoms. The molecule has 2 aliphatic carbocycles. The number of fused-ring (bicyclic) bond motifs is 11. The summed E-state index contributed by atoms with van der Waals surface area (Å²) in [5.41, 5.74) is 16.9.